The molecule has 2 heterocycles. The Morgan fingerprint density at radius 3 is 3.00 bits per heavy atom. The molecule has 0 saturated carbocycles. The summed E-state index contributed by atoms with van der Waals surface area (Å²) in [7, 11) is 0. The lowest BCUT2D eigenvalue weighted by molar-refractivity contribution is 0.0929. The SMILES string of the molecule is CCN1CCCC(CNC(=O)c2cc3c(ccc4ccccc43)[nH]2)C1. The van der Waals surface area contributed by atoms with E-state index in [4.69, 9.17) is 0 Å². The van der Waals surface area contributed by atoms with E-state index in [-0.39, 0.29) is 5.91 Å². The highest BCUT2D eigenvalue weighted by Crippen LogP contribution is 2.26. The summed E-state index contributed by atoms with van der Waals surface area (Å²) in [6.45, 7) is 6.34. The van der Waals surface area contributed by atoms with Crippen LogP contribution in [0.3, 0.4) is 0 Å². The average molecular weight is 335 g/mol. The van der Waals surface area contributed by atoms with E-state index >= 15 is 0 Å². The molecule has 1 saturated heterocycles. The number of likely N-dealkylation sites (tertiary alicyclic amines) is 1. The molecule has 25 heavy (non-hydrogen) atoms. The van der Waals surface area contributed by atoms with Crippen LogP contribution in [-0.4, -0.2) is 42.0 Å². The van der Waals surface area contributed by atoms with E-state index in [1.807, 2.05) is 18.2 Å². The van der Waals surface area contributed by atoms with Crippen molar-refractivity contribution in [1.29, 1.82) is 0 Å². The van der Waals surface area contributed by atoms with E-state index in [9.17, 15) is 4.79 Å². The Hall–Kier alpha value is -2.33. The Morgan fingerprint density at radius 1 is 1.24 bits per heavy atom. The summed E-state index contributed by atoms with van der Waals surface area (Å²) in [6.07, 6.45) is 2.43. The number of rotatable bonds is 4. The van der Waals surface area contributed by atoms with Gasteiger partial charge < -0.3 is 15.2 Å². The number of nitrogens with one attached hydrogen (secondary N) is 2. The lowest BCUT2D eigenvalue weighted by atomic mass is 9.98. The number of benzene rings is 2. The predicted molar refractivity (Wildman–Crippen MR) is 103 cm³/mol. The zero-order valence-corrected chi connectivity index (χ0v) is 14.7. The van der Waals surface area contributed by atoms with Gasteiger partial charge in [0.25, 0.3) is 5.91 Å². The van der Waals surface area contributed by atoms with E-state index in [0.717, 1.165) is 30.5 Å². The number of amides is 1. The summed E-state index contributed by atoms with van der Waals surface area (Å²) >= 11 is 0. The first-order valence-corrected chi connectivity index (χ1v) is 9.25. The van der Waals surface area contributed by atoms with Gasteiger partial charge in [0.2, 0.25) is 0 Å². The molecule has 2 N–H and O–H groups in total. The minimum atomic E-state index is -0.00565. The van der Waals surface area contributed by atoms with Crippen LogP contribution in [0, 0.1) is 5.92 Å². The minimum absolute atomic E-state index is 0.00565. The first-order valence-electron chi connectivity index (χ1n) is 9.25. The normalized spacial score (nSPS) is 18.7. The van der Waals surface area contributed by atoms with Crippen LogP contribution in [0.25, 0.3) is 21.7 Å². The monoisotopic (exact) mass is 335 g/mol. The standard InChI is InChI=1S/C21H25N3O/c1-2-24-11-5-6-15(14-24)13-22-21(25)20-12-18-17-8-4-3-7-16(17)9-10-19(18)23-20/h3-4,7-10,12,15,23H,2,5-6,11,13-14H2,1H3,(H,22,25). The maximum atomic E-state index is 12.6. The summed E-state index contributed by atoms with van der Waals surface area (Å²) < 4.78 is 0. The van der Waals surface area contributed by atoms with Gasteiger partial charge in [-0.25, -0.2) is 0 Å². The number of carbonyl (C=O) groups is 1. The van der Waals surface area contributed by atoms with Crippen molar-refractivity contribution in [3.63, 3.8) is 0 Å². The molecule has 0 radical (unpaired) electrons. The Bertz CT molecular complexity index is 898. The molecule has 1 unspecified atom stereocenters. The third-order valence-corrected chi connectivity index (χ3v) is 5.37. The van der Waals surface area contributed by atoms with Gasteiger partial charge in [0.15, 0.2) is 0 Å². The van der Waals surface area contributed by atoms with E-state index in [2.05, 4.69) is 46.4 Å². The predicted octanol–water partition coefficient (Wildman–Crippen LogP) is 3.78. The molecule has 4 nitrogen and oxygen atoms in total. The fourth-order valence-corrected chi connectivity index (χ4v) is 3.95. The van der Waals surface area contributed by atoms with Crippen LogP contribution in [-0.2, 0) is 0 Å². The molecule has 0 aliphatic carbocycles. The van der Waals surface area contributed by atoms with Crippen molar-refractivity contribution >= 4 is 27.6 Å². The van der Waals surface area contributed by atoms with Gasteiger partial charge in [-0.15, -0.1) is 0 Å². The second-order valence-corrected chi connectivity index (χ2v) is 7.04. The van der Waals surface area contributed by atoms with Gasteiger partial charge in [0.05, 0.1) is 0 Å². The molecule has 0 bridgehead atoms. The van der Waals surface area contributed by atoms with Crippen molar-refractivity contribution < 1.29 is 4.79 Å². The number of aromatic amines is 1. The number of carbonyl (C=O) groups excluding carboxylic acids is 1. The van der Waals surface area contributed by atoms with Crippen molar-refractivity contribution in [3.05, 3.63) is 48.2 Å². The van der Waals surface area contributed by atoms with Gasteiger partial charge >= 0.3 is 0 Å². The summed E-state index contributed by atoms with van der Waals surface area (Å²) in [6, 6.07) is 14.4. The van der Waals surface area contributed by atoms with E-state index in [1.165, 1.54) is 30.2 Å². The second-order valence-electron chi connectivity index (χ2n) is 7.04. The van der Waals surface area contributed by atoms with Crippen molar-refractivity contribution in [1.82, 2.24) is 15.2 Å². The Morgan fingerprint density at radius 2 is 2.12 bits per heavy atom. The van der Waals surface area contributed by atoms with Crippen LogP contribution in [0.2, 0.25) is 0 Å². The van der Waals surface area contributed by atoms with Crippen molar-refractivity contribution in [2.45, 2.75) is 19.8 Å². The van der Waals surface area contributed by atoms with Crippen LogP contribution in [0.15, 0.2) is 42.5 Å². The van der Waals surface area contributed by atoms with Gasteiger partial charge in [-0.05, 0) is 54.8 Å². The Labute approximate surface area is 148 Å². The van der Waals surface area contributed by atoms with Gasteiger partial charge in [0.1, 0.15) is 5.69 Å². The number of H-pyrrole nitrogens is 1. The number of hydrogen-bond acceptors (Lipinski definition) is 2. The molecule has 1 fully saturated rings. The molecule has 4 rings (SSSR count). The fraction of sp³-hybridized carbons (Fsp3) is 0.381. The highest BCUT2D eigenvalue weighted by Gasteiger charge is 2.20. The quantitative estimate of drug-likeness (QED) is 0.762. The lowest BCUT2D eigenvalue weighted by Crippen LogP contribution is -2.40. The topological polar surface area (TPSA) is 48.1 Å². The fourth-order valence-electron chi connectivity index (χ4n) is 3.95. The summed E-state index contributed by atoms with van der Waals surface area (Å²) in [5.41, 5.74) is 1.66. The molecule has 1 aliphatic heterocycles. The number of nitrogens with zero attached hydrogens (tertiary/aromatic N) is 1. The second kappa shape index (κ2) is 6.89. The third kappa shape index (κ3) is 3.27. The zero-order valence-electron chi connectivity index (χ0n) is 14.7. The Balaban J connectivity index is 1.49. The average Bonchev–Trinajstić information content (AvgIpc) is 3.11. The molecule has 0 spiro atoms. The van der Waals surface area contributed by atoms with E-state index in [1.54, 1.807) is 0 Å². The highest BCUT2D eigenvalue weighted by molar-refractivity contribution is 6.09. The third-order valence-electron chi connectivity index (χ3n) is 5.37. The van der Waals surface area contributed by atoms with E-state index < -0.39 is 0 Å². The maximum Gasteiger partial charge on any atom is 0.267 e. The molecule has 1 amide bonds. The molecule has 1 aromatic heterocycles. The van der Waals surface area contributed by atoms with Gasteiger partial charge in [-0.3, -0.25) is 4.79 Å². The molecule has 2 aromatic carbocycles. The molecular weight excluding hydrogens is 310 g/mol. The van der Waals surface area contributed by atoms with Crippen LogP contribution in [0.1, 0.15) is 30.3 Å². The van der Waals surface area contributed by atoms with Crippen molar-refractivity contribution in [2.24, 2.45) is 5.92 Å². The minimum Gasteiger partial charge on any atom is -0.351 e. The smallest absolute Gasteiger partial charge is 0.267 e. The first kappa shape index (κ1) is 16.2. The van der Waals surface area contributed by atoms with Gasteiger partial charge in [-0.1, -0.05) is 37.3 Å². The number of piperidine rings is 1. The largest absolute Gasteiger partial charge is 0.351 e. The van der Waals surface area contributed by atoms with E-state index in [0.29, 0.717) is 11.6 Å². The summed E-state index contributed by atoms with van der Waals surface area (Å²) in [5, 5.41) is 6.61. The molecule has 1 aliphatic rings. The molecule has 130 valence electrons. The zero-order chi connectivity index (χ0) is 17.2. The van der Waals surface area contributed by atoms with Crippen molar-refractivity contribution in [3.8, 4) is 0 Å². The van der Waals surface area contributed by atoms with Crippen molar-refractivity contribution in [2.75, 3.05) is 26.2 Å². The summed E-state index contributed by atoms with van der Waals surface area (Å²) in [5.74, 6) is 0.553. The molecule has 4 heteroatoms. The molecular formula is C21H25N3O. The number of hydrogen-bond donors (Lipinski definition) is 2. The van der Waals surface area contributed by atoms with Crippen LogP contribution < -0.4 is 5.32 Å². The first-order chi connectivity index (χ1) is 12.2. The van der Waals surface area contributed by atoms with Gasteiger partial charge in [-0.2, -0.15) is 0 Å². The van der Waals surface area contributed by atoms with Crippen LogP contribution in [0.5, 0.6) is 0 Å². The lowest BCUT2D eigenvalue weighted by Gasteiger charge is -2.31. The molecule has 3 aromatic rings. The van der Waals surface area contributed by atoms with Crippen LogP contribution >= 0.6 is 0 Å². The maximum absolute atomic E-state index is 12.6. The highest BCUT2D eigenvalue weighted by atomic mass is 16.1. The number of fused-ring (bicyclic) bond motifs is 3. The Kier molecular flexibility index (Phi) is 4.45. The molecule has 1 atom stereocenters. The summed E-state index contributed by atoms with van der Waals surface area (Å²) in [4.78, 5) is 18.3. The number of aromatic nitrogens is 1. The van der Waals surface area contributed by atoms with Crippen LogP contribution in [0.4, 0.5) is 0 Å². The van der Waals surface area contributed by atoms with Gasteiger partial charge in [0, 0.05) is 24.0 Å².